The van der Waals surface area contributed by atoms with Gasteiger partial charge in [-0.25, -0.2) is 0 Å². The SMILES string of the molecule is CC/C=C\C/C=C\C/C=C\C/C=C\C/C=C\C/C=C\C/C=C\CCCCCCCCCCCC(=O)OCC(COC(=O)CCCCCCCC)OC(=O)CCCCCCC/C=C\CCC. The van der Waals surface area contributed by atoms with Gasteiger partial charge in [0.25, 0.3) is 0 Å². The fraction of sp³-hybridized carbons (Fsp3) is 0.678. The van der Waals surface area contributed by atoms with E-state index in [0.717, 1.165) is 128 Å². The summed E-state index contributed by atoms with van der Waals surface area (Å²) in [5.74, 6) is -0.914. The number of allylic oxidation sites excluding steroid dienone is 16. The second-order valence-corrected chi connectivity index (χ2v) is 17.4. The minimum absolute atomic E-state index is 0.0823. The predicted molar refractivity (Wildman–Crippen MR) is 279 cm³/mol. The summed E-state index contributed by atoms with van der Waals surface area (Å²) in [6, 6.07) is 0. The van der Waals surface area contributed by atoms with Crippen molar-refractivity contribution in [1.82, 2.24) is 0 Å². The standard InChI is InChI=1S/C59H98O6/c1-4-7-10-13-16-18-20-21-22-23-24-25-26-27-28-29-30-31-32-33-34-35-36-37-38-39-40-42-43-46-49-52-58(61)64-55-56(54-63-57(60)51-48-45-15-12-9-6-3)65-59(62)53-50-47-44-41-19-17-14-11-8-5-2/h7,10-11,14,16,18,21-22,24-25,27-28,30-31,33-34,56H,4-6,8-9,12-13,15,17,19-20,23,26,29,32,35-55H2,1-3H3/b10-7-,14-11-,18-16-,22-21-,25-24-,28-27-,31-30-,34-33-. The number of unbranched alkanes of at least 4 members (excludes halogenated alkanes) is 20. The molecule has 1 atom stereocenters. The lowest BCUT2D eigenvalue weighted by molar-refractivity contribution is -0.167. The van der Waals surface area contributed by atoms with Crippen LogP contribution in [0.3, 0.4) is 0 Å². The van der Waals surface area contributed by atoms with Gasteiger partial charge in [-0.1, -0.05) is 221 Å². The number of rotatable bonds is 47. The Labute approximate surface area is 400 Å². The third-order valence-corrected chi connectivity index (χ3v) is 11.1. The van der Waals surface area contributed by atoms with Crippen LogP contribution in [0.2, 0.25) is 0 Å². The number of hydrogen-bond acceptors (Lipinski definition) is 6. The molecule has 370 valence electrons. The first kappa shape index (κ1) is 61.3. The minimum atomic E-state index is -0.778. The van der Waals surface area contributed by atoms with Crippen LogP contribution in [0.1, 0.15) is 239 Å². The van der Waals surface area contributed by atoms with Crippen molar-refractivity contribution in [1.29, 1.82) is 0 Å². The highest BCUT2D eigenvalue weighted by atomic mass is 16.6. The molecule has 0 fully saturated rings. The summed E-state index contributed by atoms with van der Waals surface area (Å²) in [5, 5.41) is 0. The number of carbonyl (C=O) groups excluding carboxylic acids is 3. The minimum Gasteiger partial charge on any atom is -0.462 e. The highest BCUT2D eigenvalue weighted by molar-refractivity contribution is 5.71. The number of carbonyl (C=O) groups is 3. The van der Waals surface area contributed by atoms with Crippen LogP contribution in [0.5, 0.6) is 0 Å². The van der Waals surface area contributed by atoms with Crippen molar-refractivity contribution in [2.45, 2.75) is 245 Å². The molecule has 6 heteroatoms. The van der Waals surface area contributed by atoms with Gasteiger partial charge in [-0.15, -0.1) is 0 Å². The maximum absolute atomic E-state index is 12.7. The van der Waals surface area contributed by atoms with Gasteiger partial charge in [0.2, 0.25) is 0 Å². The molecule has 0 aromatic carbocycles. The average Bonchev–Trinajstić information content (AvgIpc) is 3.30. The first-order valence-corrected chi connectivity index (χ1v) is 26.7. The molecule has 0 N–H and O–H groups in total. The Balaban J connectivity index is 4.06. The highest BCUT2D eigenvalue weighted by Gasteiger charge is 2.19. The fourth-order valence-electron chi connectivity index (χ4n) is 7.07. The van der Waals surface area contributed by atoms with E-state index >= 15 is 0 Å². The van der Waals surface area contributed by atoms with Crippen molar-refractivity contribution < 1.29 is 28.6 Å². The number of hydrogen-bond donors (Lipinski definition) is 0. The molecular formula is C59H98O6. The Hall–Kier alpha value is -3.67. The molecule has 6 nitrogen and oxygen atoms in total. The summed E-state index contributed by atoms with van der Waals surface area (Å²) in [4.78, 5) is 37.6. The van der Waals surface area contributed by atoms with Gasteiger partial charge in [-0.05, 0) is 96.3 Å². The van der Waals surface area contributed by atoms with Gasteiger partial charge in [0, 0.05) is 19.3 Å². The van der Waals surface area contributed by atoms with Gasteiger partial charge in [0.05, 0.1) is 0 Å². The third-order valence-electron chi connectivity index (χ3n) is 11.1. The highest BCUT2D eigenvalue weighted by Crippen LogP contribution is 2.14. The first-order chi connectivity index (χ1) is 32.0. The molecule has 65 heavy (non-hydrogen) atoms. The number of esters is 3. The normalized spacial score (nSPS) is 12.8. The molecule has 0 aliphatic rings. The van der Waals surface area contributed by atoms with E-state index in [4.69, 9.17) is 14.2 Å². The summed E-state index contributed by atoms with van der Waals surface area (Å²) in [7, 11) is 0. The molecule has 0 aromatic heterocycles. The van der Waals surface area contributed by atoms with E-state index in [-0.39, 0.29) is 31.1 Å². The zero-order valence-corrected chi connectivity index (χ0v) is 42.2. The summed E-state index contributed by atoms with van der Waals surface area (Å²) >= 11 is 0. The van der Waals surface area contributed by atoms with Crippen LogP contribution in [-0.4, -0.2) is 37.2 Å². The summed E-state index contributed by atoms with van der Waals surface area (Å²) < 4.78 is 16.6. The van der Waals surface area contributed by atoms with E-state index in [0.29, 0.717) is 19.3 Å². The van der Waals surface area contributed by atoms with Gasteiger partial charge in [-0.3, -0.25) is 14.4 Å². The maximum atomic E-state index is 12.7. The van der Waals surface area contributed by atoms with Crippen LogP contribution in [0.15, 0.2) is 97.2 Å². The summed E-state index contributed by atoms with van der Waals surface area (Å²) in [6.45, 7) is 6.38. The smallest absolute Gasteiger partial charge is 0.306 e. The van der Waals surface area contributed by atoms with E-state index < -0.39 is 6.10 Å². The van der Waals surface area contributed by atoms with Crippen molar-refractivity contribution in [3.63, 3.8) is 0 Å². The maximum Gasteiger partial charge on any atom is 0.306 e. The fourth-order valence-corrected chi connectivity index (χ4v) is 7.07. The zero-order valence-electron chi connectivity index (χ0n) is 42.2. The van der Waals surface area contributed by atoms with Crippen molar-refractivity contribution in [2.75, 3.05) is 13.2 Å². The molecule has 0 saturated carbocycles. The van der Waals surface area contributed by atoms with E-state index in [1.807, 2.05) is 0 Å². The van der Waals surface area contributed by atoms with Gasteiger partial charge < -0.3 is 14.2 Å². The predicted octanol–water partition coefficient (Wildman–Crippen LogP) is 17.8. The first-order valence-electron chi connectivity index (χ1n) is 26.7. The van der Waals surface area contributed by atoms with Crippen LogP contribution in [0.25, 0.3) is 0 Å². The molecular weight excluding hydrogens is 805 g/mol. The zero-order chi connectivity index (χ0) is 47.2. The van der Waals surface area contributed by atoms with Gasteiger partial charge in [-0.2, -0.15) is 0 Å². The molecule has 0 radical (unpaired) electrons. The van der Waals surface area contributed by atoms with Crippen LogP contribution in [0, 0.1) is 0 Å². The Kier molecular flexibility index (Phi) is 50.0. The molecule has 0 spiro atoms. The number of ether oxygens (including phenoxy) is 3. The van der Waals surface area contributed by atoms with Crippen molar-refractivity contribution in [2.24, 2.45) is 0 Å². The Morgan fingerprint density at radius 2 is 0.631 bits per heavy atom. The van der Waals surface area contributed by atoms with Gasteiger partial charge in [0.1, 0.15) is 13.2 Å². The Bertz CT molecular complexity index is 1310. The van der Waals surface area contributed by atoms with Crippen molar-refractivity contribution in [3.05, 3.63) is 97.2 Å². The monoisotopic (exact) mass is 903 g/mol. The summed E-state index contributed by atoms with van der Waals surface area (Å²) in [5.41, 5.74) is 0. The van der Waals surface area contributed by atoms with Crippen molar-refractivity contribution >= 4 is 17.9 Å². The lowest BCUT2D eigenvalue weighted by Crippen LogP contribution is -2.30. The van der Waals surface area contributed by atoms with Crippen molar-refractivity contribution in [3.8, 4) is 0 Å². The molecule has 0 rings (SSSR count). The Morgan fingerprint density at radius 1 is 0.323 bits per heavy atom. The second kappa shape index (κ2) is 52.9. The Morgan fingerprint density at radius 3 is 1.02 bits per heavy atom. The van der Waals surface area contributed by atoms with E-state index in [1.54, 1.807) is 0 Å². The lowest BCUT2D eigenvalue weighted by Gasteiger charge is -2.18. The molecule has 0 aliphatic carbocycles. The molecule has 1 unspecified atom stereocenters. The molecule has 0 bridgehead atoms. The quantitative estimate of drug-likeness (QED) is 0.0262. The van der Waals surface area contributed by atoms with E-state index in [1.165, 1.54) is 70.6 Å². The largest absolute Gasteiger partial charge is 0.462 e. The van der Waals surface area contributed by atoms with E-state index in [2.05, 4.69) is 118 Å². The molecule has 0 amide bonds. The van der Waals surface area contributed by atoms with Crippen LogP contribution in [-0.2, 0) is 28.6 Å². The molecule has 0 aliphatic heterocycles. The average molecular weight is 903 g/mol. The molecule has 0 saturated heterocycles. The van der Waals surface area contributed by atoms with E-state index in [9.17, 15) is 14.4 Å². The third kappa shape index (κ3) is 51.2. The van der Waals surface area contributed by atoms with Crippen LogP contribution < -0.4 is 0 Å². The lowest BCUT2D eigenvalue weighted by atomic mass is 10.1. The second-order valence-electron chi connectivity index (χ2n) is 17.4. The topological polar surface area (TPSA) is 78.9 Å². The summed E-state index contributed by atoms with van der Waals surface area (Å²) in [6.07, 6.45) is 70.1. The van der Waals surface area contributed by atoms with Gasteiger partial charge >= 0.3 is 17.9 Å². The van der Waals surface area contributed by atoms with Crippen LogP contribution >= 0.6 is 0 Å². The van der Waals surface area contributed by atoms with Crippen LogP contribution in [0.4, 0.5) is 0 Å². The molecule has 0 heterocycles. The molecule has 0 aromatic rings. The van der Waals surface area contributed by atoms with Gasteiger partial charge in [0.15, 0.2) is 6.10 Å².